The predicted octanol–water partition coefficient (Wildman–Crippen LogP) is 8.09. The maximum Gasteiger partial charge on any atom is 0.101 e. The average molecular weight is 452 g/mol. The Hall–Kier alpha value is -4.46. The van der Waals surface area contributed by atoms with Crippen LogP contribution in [0.4, 0.5) is 0 Å². The Balaban J connectivity index is 1.55. The molecule has 0 saturated carbocycles. The van der Waals surface area contributed by atoms with E-state index >= 15 is 0 Å². The smallest absolute Gasteiger partial charge is 0.101 e. The van der Waals surface area contributed by atoms with E-state index < -0.39 is 0 Å². The van der Waals surface area contributed by atoms with Gasteiger partial charge in [-0.1, -0.05) is 54.6 Å². The van der Waals surface area contributed by atoms with Crippen LogP contribution in [0.5, 0.6) is 0 Å². The van der Waals surface area contributed by atoms with Gasteiger partial charge in [-0.15, -0.1) is 11.3 Å². The van der Waals surface area contributed by atoms with Crippen molar-refractivity contribution in [2.24, 2.45) is 0 Å². The van der Waals surface area contributed by atoms with Crippen LogP contribution in [-0.2, 0) is 0 Å². The first-order valence-electron chi connectivity index (χ1n) is 11.1. The molecule has 3 heterocycles. The molecular weight excluding hydrogens is 434 g/mol. The minimum Gasteiger partial charge on any atom is -0.309 e. The van der Waals surface area contributed by atoms with Crippen LogP contribution >= 0.6 is 11.3 Å². The third-order valence-corrected chi connectivity index (χ3v) is 7.69. The summed E-state index contributed by atoms with van der Waals surface area (Å²) in [7, 11) is 0. The van der Waals surface area contributed by atoms with Gasteiger partial charge in [0, 0.05) is 54.6 Å². The summed E-state index contributed by atoms with van der Waals surface area (Å²) in [5.74, 6) is 0. The van der Waals surface area contributed by atoms with Gasteiger partial charge in [0.15, 0.2) is 0 Å². The van der Waals surface area contributed by atoms with Gasteiger partial charge >= 0.3 is 0 Å². The topological polar surface area (TPSA) is 41.6 Å². The molecule has 0 saturated heterocycles. The molecule has 0 aliphatic heterocycles. The van der Waals surface area contributed by atoms with Crippen molar-refractivity contribution in [2.45, 2.75) is 0 Å². The van der Waals surface area contributed by atoms with Gasteiger partial charge in [-0.2, -0.15) is 5.26 Å². The Labute approximate surface area is 199 Å². The Morgan fingerprint density at radius 2 is 1.56 bits per heavy atom. The Morgan fingerprint density at radius 3 is 2.47 bits per heavy atom. The molecule has 0 aliphatic carbocycles. The molecule has 34 heavy (non-hydrogen) atoms. The zero-order chi connectivity index (χ0) is 22.6. The van der Waals surface area contributed by atoms with Crippen molar-refractivity contribution in [1.29, 1.82) is 5.26 Å². The zero-order valence-corrected chi connectivity index (χ0v) is 18.9. The first-order chi connectivity index (χ1) is 16.8. The molecular formula is C30H17N3S. The van der Waals surface area contributed by atoms with Gasteiger partial charge in [0.1, 0.15) is 6.07 Å². The fourth-order valence-electron chi connectivity index (χ4n) is 5.00. The lowest BCUT2D eigenvalue weighted by Gasteiger charge is -2.10. The third kappa shape index (κ3) is 2.71. The number of thiophene rings is 1. The number of nitrogens with zero attached hydrogens (tertiary/aromatic N) is 3. The summed E-state index contributed by atoms with van der Waals surface area (Å²) in [6, 6.07) is 34.3. The van der Waals surface area contributed by atoms with Crippen LogP contribution in [0.1, 0.15) is 5.56 Å². The number of fused-ring (bicyclic) bond motifs is 7. The Kier molecular flexibility index (Phi) is 4.08. The fourth-order valence-corrected chi connectivity index (χ4v) is 6.26. The number of aromatic nitrogens is 2. The first-order valence-corrected chi connectivity index (χ1v) is 11.9. The highest BCUT2D eigenvalue weighted by molar-refractivity contribution is 7.26. The van der Waals surface area contributed by atoms with Crippen LogP contribution in [0.25, 0.3) is 58.8 Å². The highest BCUT2D eigenvalue weighted by atomic mass is 32.1. The molecule has 0 bridgehead atoms. The quantitative estimate of drug-likeness (QED) is 0.266. The standard InChI is InChI=1S/C30H17N3S/c31-16-19-14-21(18-32-17-19)20-6-5-7-22(15-20)33-26-10-3-1-9-25(26)29-27(33)13-12-24-23-8-2-4-11-28(23)34-30(24)29/h1-15,17-18H. The van der Waals surface area contributed by atoms with Crippen LogP contribution in [0.15, 0.2) is 103 Å². The summed E-state index contributed by atoms with van der Waals surface area (Å²) < 4.78 is 4.99. The van der Waals surface area contributed by atoms with Crippen LogP contribution in [0.3, 0.4) is 0 Å². The van der Waals surface area contributed by atoms with Crippen LogP contribution in [0, 0.1) is 11.3 Å². The molecule has 7 rings (SSSR count). The predicted molar refractivity (Wildman–Crippen MR) is 142 cm³/mol. The highest BCUT2D eigenvalue weighted by Gasteiger charge is 2.17. The SMILES string of the molecule is N#Cc1cncc(-c2cccc(-n3c4ccccc4c4c5sc6ccccc6c5ccc43)c2)c1. The van der Waals surface area contributed by atoms with Gasteiger partial charge in [0.25, 0.3) is 0 Å². The lowest BCUT2D eigenvalue weighted by molar-refractivity contribution is 1.18. The number of benzene rings is 4. The van der Waals surface area contributed by atoms with E-state index in [0.29, 0.717) is 5.56 Å². The summed E-state index contributed by atoms with van der Waals surface area (Å²) in [4.78, 5) is 4.25. The molecule has 7 aromatic rings. The molecule has 0 aliphatic rings. The molecule has 3 aromatic heterocycles. The second-order valence-corrected chi connectivity index (χ2v) is 9.46. The monoisotopic (exact) mass is 451 g/mol. The summed E-state index contributed by atoms with van der Waals surface area (Å²) >= 11 is 1.87. The number of para-hydroxylation sites is 1. The number of hydrogen-bond donors (Lipinski definition) is 0. The van der Waals surface area contributed by atoms with Gasteiger partial charge < -0.3 is 4.57 Å². The largest absolute Gasteiger partial charge is 0.309 e. The van der Waals surface area contributed by atoms with Crippen molar-refractivity contribution in [3.8, 4) is 22.9 Å². The van der Waals surface area contributed by atoms with E-state index in [1.54, 1.807) is 6.20 Å². The second kappa shape index (κ2) is 7.28. The van der Waals surface area contributed by atoms with Gasteiger partial charge in [0.2, 0.25) is 0 Å². The summed E-state index contributed by atoms with van der Waals surface area (Å²) in [6.07, 6.45) is 3.41. The summed E-state index contributed by atoms with van der Waals surface area (Å²) in [5, 5.41) is 14.5. The number of hydrogen-bond acceptors (Lipinski definition) is 3. The van der Waals surface area contributed by atoms with Gasteiger partial charge in [0.05, 0.1) is 16.6 Å². The fraction of sp³-hybridized carbons (Fsp3) is 0. The van der Waals surface area contributed by atoms with Gasteiger partial charge in [-0.05, 0) is 42.0 Å². The molecule has 4 aromatic carbocycles. The minimum absolute atomic E-state index is 0.562. The van der Waals surface area contributed by atoms with E-state index in [1.165, 1.54) is 42.0 Å². The average Bonchev–Trinajstić information content (AvgIpc) is 3.44. The van der Waals surface area contributed by atoms with E-state index in [1.807, 2.05) is 23.6 Å². The van der Waals surface area contributed by atoms with Crippen LogP contribution < -0.4 is 0 Å². The maximum atomic E-state index is 9.30. The molecule has 0 N–H and O–H groups in total. The van der Waals surface area contributed by atoms with Crippen molar-refractivity contribution >= 4 is 53.3 Å². The first kappa shape index (κ1) is 19.0. The molecule has 0 fully saturated rings. The van der Waals surface area contributed by atoms with Crippen LogP contribution in [0.2, 0.25) is 0 Å². The molecule has 0 radical (unpaired) electrons. The lowest BCUT2D eigenvalue weighted by atomic mass is 10.1. The molecule has 0 atom stereocenters. The Morgan fingerprint density at radius 1 is 0.706 bits per heavy atom. The molecule has 3 nitrogen and oxygen atoms in total. The molecule has 0 unspecified atom stereocenters. The zero-order valence-electron chi connectivity index (χ0n) is 18.1. The third-order valence-electron chi connectivity index (χ3n) is 6.49. The maximum absolute atomic E-state index is 9.30. The highest BCUT2D eigenvalue weighted by Crippen LogP contribution is 2.43. The normalized spacial score (nSPS) is 11.5. The van der Waals surface area contributed by atoms with Gasteiger partial charge in [-0.3, -0.25) is 4.98 Å². The van der Waals surface area contributed by atoms with Crippen molar-refractivity contribution in [3.63, 3.8) is 0 Å². The summed E-state index contributed by atoms with van der Waals surface area (Å²) in [6.45, 7) is 0. The Bertz CT molecular complexity index is 1930. The second-order valence-electron chi connectivity index (χ2n) is 8.41. The molecule has 0 amide bonds. The molecule has 158 valence electrons. The molecule has 4 heteroatoms. The van der Waals surface area contributed by atoms with E-state index in [9.17, 15) is 5.26 Å². The number of nitriles is 1. The van der Waals surface area contributed by atoms with Crippen molar-refractivity contribution < 1.29 is 0 Å². The van der Waals surface area contributed by atoms with E-state index in [2.05, 4.69) is 101 Å². The van der Waals surface area contributed by atoms with Crippen LogP contribution in [-0.4, -0.2) is 9.55 Å². The minimum atomic E-state index is 0.562. The van der Waals surface area contributed by atoms with Gasteiger partial charge in [-0.25, -0.2) is 0 Å². The van der Waals surface area contributed by atoms with E-state index in [0.717, 1.165) is 16.8 Å². The van der Waals surface area contributed by atoms with E-state index in [4.69, 9.17) is 0 Å². The number of pyridine rings is 1. The molecule has 0 spiro atoms. The summed E-state index contributed by atoms with van der Waals surface area (Å²) in [5.41, 5.74) is 6.01. The van der Waals surface area contributed by atoms with Crippen molar-refractivity contribution in [1.82, 2.24) is 9.55 Å². The van der Waals surface area contributed by atoms with Crippen molar-refractivity contribution in [2.75, 3.05) is 0 Å². The number of rotatable bonds is 2. The van der Waals surface area contributed by atoms with E-state index in [-0.39, 0.29) is 0 Å². The lowest BCUT2D eigenvalue weighted by Crippen LogP contribution is -1.94. The van der Waals surface area contributed by atoms with Crippen molar-refractivity contribution in [3.05, 3.63) is 109 Å².